The molecule has 2 nitrogen and oxygen atoms in total. The molecule has 0 saturated heterocycles. The van der Waals surface area contributed by atoms with Crippen molar-refractivity contribution in [2.45, 2.75) is 18.9 Å². The number of rotatable bonds is 2. The lowest BCUT2D eigenvalue weighted by atomic mass is 9.94. The molecule has 0 unspecified atom stereocenters. The largest absolute Gasteiger partial charge is 0.341 e. The number of aryl methyl sites for hydroxylation is 2. The lowest BCUT2D eigenvalue weighted by Gasteiger charge is -2.22. The van der Waals surface area contributed by atoms with E-state index < -0.39 is 0 Å². The Morgan fingerprint density at radius 1 is 0.708 bits per heavy atom. The van der Waals surface area contributed by atoms with Crippen LogP contribution in [0.2, 0.25) is 0 Å². The molecule has 3 aromatic carbocycles. The molecule has 1 aliphatic rings. The third-order valence-electron chi connectivity index (χ3n) is 4.71. The van der Waals surface area contributed by atoms with Crippen LogP contribution in [0.25, 0.3) is 0 Å². The molecule has 24 heavy (non-hydrogen) atoms. The third-order valence-corrected chi connectivity index (χ3v) is 4.71. The molecule has 0 spiro atoms. The molecule has 0 aromatic heterocycles. The zero-order valence-corrected chi connectivity index (χ0v) is 13.4. The average Bonchev–Trinajstić information content (AvgIpc) is 2.80. The number of carbonyl (C=O) groups excluding carboxylic acids is 1. The molecule has 4 rings (SSSR count). The van der Waals surface area contributed by atoms with Gasteiger partial charge < -0.3 is 5.32 Å². The molecule has 0 fully saturated rings. The van der Waals surface area contributed by atoms with Gasteiger partial charge in [-0.2, -0.15) is 0 Å². The quantitative estimate of drug-likeness (QED) is 0.750. The third kappa shape index (κ3) is 2.71. The van der Waals surface area contributed by atoms with E-state index in [1.807, 2.05) is 30.3 Å². The van der Waals surface area contributed by atoms with Gasteiger partial charge in [0.1, 0.15) is 0 Å². The summed E-state index contributed by atoms with van der Waals surface area (Å²) < 4.78 is 0. The van der Waals surface area contributed by atoms with Crippen LogP contribution in [-0.4, -0.2) is 5.91 Å². The summed E-state index contributed by atoms with van der Waals surface area (Å²) in [5.74, 6) is -0.0351. The van der Waals surface area contributed by atoms with Crippen molar-refractivity contribution in [3.63, 3.8) is 0 Å². The molecule has 118 valence electrons. The molecular weight excluding hydrogens is 294 g/mol. The molecule has 1 N–H and O–H groups in total. The minimum absolute atomic E-state index is 0.0351. The highest BCUT2D eigenvalue weighted by atomic mass is 16.1. The fraction of sp³-hybridized carbons (Fsp3) is 0.136. The minimum Gasteiger partial charge on any atom is -0.341 e. The Morgan fingerprint density at radius 2 is 1.21 bits per heavy atom. The highest BCUT2D eigenvalue weighted by molar-refractivity contribution is 5.94. The van der Waals surface area contributed by atoms with E-state index in [2.05, 4.69) is 53.8 Å². The second-order valence-electron chi connectivity index (χ2n) is 6.17. The number of benzene rings is 3. The van der Waals surface area contributed by atoms with E-state index in [4.69, 9.17) is 0 Å². The van der Waals surface area contributed by atoms with Crippen LogP contribution in [0.15, 0.2) is 78.9 Å². The van der Waals surface area contributed by atoms with Crippen LogP contribution in [0.5, 0.6) is 0 Å². The van der Waals surface area contributed by atoms with E-state index in [0.29, 0.717) is 5.56 Å². The zero-order valence-electron chi connectivity index (χ0n) is 13.4. The van der Waals surface area contributed by atoms with Crippen LogP contribution in [0.1, 0.15) is 38.7 Å². The first-order valence-electron chi connectivity index (χ1n) is 8.34. The van der Waals surface area contributed by atoms with Gasteiger partial charge in [0.15, 0.2) is 0 Å². The van der Waals surface area contributed by atoms with Crippen LogP contribution < -0.4 is 5.32 Å². The summed E-state index contributed by atoms with van der Waals surface area (Å²) in [6.07, 6.45) is 2.01. The Morgan fingerprint density at radius 3 is 1.79 bits per heavy atom. The first-order valence-corrected chi connectivity index (χ1v) is 8.34. The summed E-state index contributed by atoms with van der Waals surface area (Å²) >= 11 is 0. The van der Waals surface area contributed by atoms with Crippen LogP contribution in [0.4, 0.5) is 0 Å². The molecule has 0 saturated carbocycles. The zero-order chi connectivity index (χ0) is 16.4. The number of amides is 1. The first kappa shape index (κ1) is 14.7. The fourth-order valence-electron chi connectivity index (χ4n) is 3.48. The Balaban J connectivity index is 1.77. The van der Waals surface area contributed by atoms with Crippen LogP contribution >= 0.6 is 0 Å². The maximum atomic E-state index is 12.7. The lowest BCUT2D eigenvalue weighted by molar-refractivity contribution is 0.0943. The van der Waals surface area contributed by atoms with Crippen LogP contribution in [0, 0.1) is 0 Å². The van der Waals surface area contributed by atoms with Gasteiger partial charge in [-0.25, -0.2) is 0 Å². The molecular formula is C22H19NO. The van der Waals surface area contributed by atoms with Gasteiger partial charge in [-0.3, -0.25) is 4.79 Å². The highest BCUT2D eigenvalue weighted by Crippen LogP contribution is 2.32. The second kappa shape index (κ2) is 6.32. The van der Waals surface area contributed by atoms with Crippen molar-refractivity contribution in [2.75, 3.05) is 0 Å². The fourth-order valence-corrected chi connectivity index (χ4v) is 3.48. The summed E-state index contributed by atoms with van der Waals surface area (Å²) in [5.41, 5.74) is 5.72. The second-order valence-corrected chi connectivity index (χ2v) is 6.17. The smallest absolute Gasteiger partial charge is 0.252 e. The van der Waals surface area contributed by atoms with E-state index in [0.717, 1.165) is 12.8 Å². The molecule has 1 aliphatic carbocycles. The molecule has 3 aromatic rings. The van der Waals surface area contributed by atoms with Crippen molar-refractivity contribution < 1.29 is 4.79 Å². The van der Waals surface area contributed by atoms with E-state index >= 15 is 0 Å². The summed E-state index contributed by atoms with van der Waals surface area (Å²) in [4.78, 5) is 12.7. The van der Waals surface area contributed by atoms with Crippen LogP contribution in [-0.2, 0) is 12.8 Å². The standard InChI is InChI=1S/C22H19NO/c24-22(18-10-2-1-3-11-18)23-21-19-12-6-4-8-16(19)14-15-17-9-5-7-13-20(17)21/h1-13,21H,14-15H2,(H,23,24). The Hall–Kier alpha value is -2.87. The SMILES string of the molecule is O=C(NC1c2ccccc2CCc2ccccc21)c1ccccc1. The number of nitrogens with one attached hydrogen (secondary N) is 1. The number of fused-ring (bicyclic) bond motifs is 2. The van der Waals surface area contributed by atoms with Crippen molar-refractivity contribution in [3.05, 3.63) is 107 Å². The first-order chi connectivity index (χ1) is 11.8. The van der Waals surface area contributed by atoms with Gasteiger partial charge in [0, 0.05) is 5.56 Å². The maximum Gasteiger partial charge on any atom is 0.252 e. The van der Waals surface area contributed by atoms with Crippen molar-refractivity contribution in [1.82, 2.24) is 5.32 Å². The van der Waals surface area contributed by atoms with Gasteiger partial charge in [0.25, 0.3) is 5.91 Å². The monoisotopic (exact) mass is 313 g/mol. The number of hydrogen-bond donors (Lipinski definition) is 1. The topological polar surface area (TPSA) is 29.1 Å². The van der Waals surface area contributed by atoms with Gasteiger partial charge in [0.05, 0.1) is 6.04 Å². The minimum atomic E-state index is -0.104. The van der Waals surface area contributed by atoms with E-state index in [1.54, 1.807) is 0 Å². The molecule has 2 heteroatoms. The molecule has 0 aliphatic heterocycles. The van der Waals surface area contributed by atoms with Crippen molar-refractivity contribution >= 4 is 5.91 Å². The van der Waals surface area contributed by atoms with Gasteiger partial charge in [-0.1, -0.05) is 66.7 Å². The van der Waals surface area contributed by atoms with E-state index in [1.165, 1.54) is 22.3 Å². The molecule has 0 radical (unpaired) electrons. The molecule has 0 bridgehead atoms. The summed E-state index contributed by atoms with van der Waals surface area (Å²) in [7, 11) is 0. The number of carbonyl (C=O) groups is 1. The van der Waals surface area contributed by atoms with Crippen molar-refractivity contribution in [1.29, 1.82) is 0 Å². The molecule has 0 heterocycles. The summed E-state index contributed by atoms with van der Waals surface area (Å²) in [6, 6.07) is 26.2. The van der Waals surface area contributed by atoms with Crippen molar-refractivity contribution in [3.8, 4) is 0 Å². The molecule has 1 amide bonds. The van der Waals surface area contributed by atoms with E-state index in [9.17, 15) is 4.79 Å². The highest BCUT2D eigenvalue weighted by Gasteiger charge is 2.24. The Kier molecular flexibility index (Phi) is 3.87. The predicted molar refractivity (Wildman–Crippen MR) is 96.0 cm³/mol. The van der Waals surface area contributed by atoms with Gasteiger partial charge >= 0.3 is 0 Å². The maximum absolute atomic E-state index is 12.7. The van der Waals surface area contributed by atoms with Crippen molar-refractivity contribution in [2.24, 2.45) is 0 Å². The number of hydrogen-bond acceptors (Lipinski definition) is 1. The van der Waals surface area contributed by atoms with Gasteiger partial charge in [0.2, 0.25) is 0 Å². The lowest BCUT2D eigenvalue weighted by Crippen LogP contribution is -2.30. The van der Waals surface area contributed by atoms with E-state index in [-0.39, 0.29) is 11.9 Å². The summed E-state index contributed by atoms with van der Waals surface area (Å²) in [6.45, 7) is 0. The van der Waals surface area contributed by atoms with Gasteiger partial charge in [-0.15, -0.1) is 0 Å². The van der Waals surface area contributed by atoms with Gasteiger partial charge in [-0.05, 0) is 47.2 Å². The summed E-state index contributed by atoms with van der Waals surface area (Å²) in [5, 5.41) is 3.25. The normalized spacial score (nSPS) is 13.5. The van der Waals surface area contributed by atoms with Crippen LogP contribution in [0.3, 0.4) is 0 Å². The average molecular weight is 313 g/mol. The molecule has 0 atom stereocenters. The predicted octanol–water partition coefficient (Wildman–Crippen LogP) is 4.30. The Labute approximate surface area is 142 Å². The Bertz CT molecular complexity index is 822.